The number of hydrogen-bond acceptors (Lipinski definition) is 10. The van der Waals surface area contributed by atoms with Gasteiger partial charge in [-0.3, -0.25) is 9.59 Å². The van der Waals surface area contributed by atoms with Crippen molar-refractivity contribution in [3.05, 3.63) is 88.7 Å². The summed E-state index contributed by atoms with van der Waals surface area (Å²) in [6.45, 7) is 1.06. The van der Waals surface area contributed by atoms with E-state index < -0.39 is 54.0 Å². The zero-order valence-corrected chi connectivity index (χ0v) is 24.9. The van der Waals surface area contributed by atoms with Crippen LogP contribution in [0.5, 0.6) is 0 Å². The molecule has 0 radical (unpaired) electrons. The Kier molecular flexibility index (Phi) is 10.3. The van der Waals surface area contributed by atoms with Gasteiger partial charge in [0.2, 0.25) is 11.8 Å². The Morgan fingerprint density at radius 2 is 1.82 bits per heavy atom. The quantitative estimate of drug-likeness (QED) is 0.129. The van der Waals surface area contributed by atoms with E-state index in [4.69, 9.17) is 29.2 Å². The maximum Gasteiger partial charge on any atom is 0.338 e. The van der Waals surface area contributed by atoms with Crippen LogP contribution in [0, 0.1) is 0 Å². The van der Waals surface area contributed by atoms with Crippen LogP contribution in [0.2, 0.25) is 0 Å². The lowest BCUT2D eigenvalue weighted by atomic mass is 9.91. The predicted molar refractivity (Wildman–Crippen MR) is 160 cm³/mol. The molecule has 1 aliphatic heterocycles. The number of aliphatic hydroxyl groups excluding tert-OH is 3. The first-order valence-corrected chi connectivity index (χ1v) is 14.9. The fourth-order valence-corrected chi connectivity index (χ4v) is 5.81. The molecular weight excluding hydrogens is 584 g/mol. The number of carbonyl (C=O) groups excluding carboxylic acids is 3. The molecule has 3 aliphatic rings. The number of fused-ring (bicyclic) bond motifs is 2. The molecule has 5 N–H and O–H groups in total. The number of rotatable bonds is 12. The van der Waals surface area contributed by atoms with Crippen molar-refractivity contribution in [3.63, 3.8) is 0 Å². The highest BCUT2D eigenvalue weighted by Gasteiger charge is 2.55. The van der Waals surface area contributed by atoms with Gasteiger partial charge < -0.3 is 44.9 Å². The largest absolute Gasteiger partial charge is 0.499 e. The van der Waals surface area contributed by atoms with Crippen LogP contribution in [0.25, 0.3) is 6.08 Å². The molecule has 0 unspecified atom stereocenters. The van der Waals surface area contributed by atoms with E-state index in [-0.39, 0.29) is 43.9 Å². The van der Waals surface area contributed by atoms with Gasteiger partial charge in [-0.15, -0.1) is 0 Å². The van der Waals surface area contributed by atoms with Crippen molar-refractivity contribution in [2.45, 2.75) is 62.4 Å². The molecule has 2 aromatic carbocycles. The predicted octanol–water partition coefficient (Wildman–Crippen LogP) is 0.775. The van der Waals surface area contributed by atoms with Gasteiger partial charge in [0.05, 0.1) is 31.1 Å². The normalized spacial score (nSPS) is 22.7. The number of carbonyl (C=O) groups is 3. The van der Waals surface area contributed by atoms with Crippen LogP contribution in [0.4, 0.5) is 0 Å². The molecule has 5 rings (SSSR count). The smallest absolute Gasteiger partial charge is 0.338 e. The fourth-order valence-electron chi connectivity index (χ4n) is 5.81. The SMILES string of the molecule is C[C@H](O)[C@@H](NC(=O)C1=C[C@H]2OC3(Cc4ccccc4C3)O[C@H]2[C@H](OC(=O)c2cccc(C=COCCO)c2)C1)C(=O)NCCO. The Hall–Kier alpha value is -4.07. The Labute approximate surface area is 260 Å². The lowest BCUT2D eigenvalue weighted by Gasteiger charge is -2.31. The average Bonchev–Trinajstić information content (AvgIpc) is 3.58. The molecule has 5 atom stereocenters. The summed E-state index contributed by atoms with van der Waals surface area (Å²) >= 11 is 0. The van der Waals surface area contributed by atoms with E-state index in [1.54, 1.807) is 36.4 Å². The number of nitrogens with one attached hydrogen (secondary N) is 2. The minimum Gasteiger partial charge on any atom is -0.499 e. The Balaban J connectivity index is 1.37. The molecule has 240 valence electrons. The summed E-state index contributed by atoms with van der Waals surface area (Å²) in [6.07, 6.45) is 2.12. The van der Waals surface area contributed by atoms with Gasteiger partial charge in [0.15, 0.2) is 5.79 Å². The van der Waals surface area contributed by atoms with E-state index in [1.165, 1.54) is 13.2 Å². The monoisotopic (exact) mass is 622 g/mol. The summed E-state index contributed by atoms with van der Waals surface area (Å²) in [5.74, 6) is -2.90. The molecule has 1 saturated heterocycles. The minimum absolute atomic E-state index is 0.0233. The molecule has 45 heavy (non-hydrogen) atoms. The summed E-state index contributed by atoms with van der Waals surface area (Å²) in [5.41, 5.74) is 3.34. The number of hydrogen-bond donors (Lipinski definition) is 5. The maximum absolute atomic E-state index is 13.5. The van der Waals surface area contributed by atoms with Gasteiger partial charge in [-0.25, -0.2) is 4.79 Å². The zero-order chi connectivity index (χ0) is 32.0. The summed E-state index contributed by atoms with van der Waals surface area (Å²) < 4.78 is 24.1. The topological polar surface area (TPSA) is 173 Å². The first-order chi connectivity index (χ1) is 21.7. The second-order valence-corrected chi connectivity index (χ2v) is 11.3. The lowest BCUT2D eigenvalue weighted by molar-refractivity contribution is -0.172. The Morgan fingerprint density at radius 1 is 1.07 bits per heavy atom. The van der Waals surface area contributed by atoms with Crippen molar-refractivity contribution < 1.29 is 48.7 Å². The molecule has 1 heterocycles. The standard InChI is InChI=1S/C33H38N2O10/c1-20(38)28(31(40)34-10-11-36)35-30(39)25-16-26(43-32(41)22-8-4-5-21(15-22)9-13-42-14-12-37)29-27(17-25)44-33(45-29)18-23-6-2-3-7-24(23)19-33/h2-9,13,15,17,20,26-29,36-38H,10-12,14,16,18-19H2,1H3,(H,34,40)(H,35,39)/t20-,26+,27+,28+,29-/m0/s1. The number of aliphatic hydroxyl groups is 3. The van der Waals surface area contributed by atoms with Gasteiger partial charge in [0.25, 0.3) is 0 Å². The second-order valence-electron chi connectivity index (χ2n) is 11.3. The van der Waals surface area contributed by atoms with Crippen molar-refractivity contribution in [2.75, 3.05) is 26.4 Å². The third-order valence-electron chi connectivity index (χ3n) is 7.92. The first-order valence-electron chi connectivity index (χ1n) is 14.9. The van der Waals surface area contributed by atoms with Crippen LogP contribution in [0.15, 0.2) is 66.4 Å². The van der Waals surface area contributed by atoms with Gasteiger partial charge in [-0.05, 0) is 47.9 Å². The van der Waals surface area contributed by atoms with E-state index >= 15 is 0 Å². The molecular formula is C33H38N2O10. The van der Waals surface area contributed by atoms with E-state index in [2.05, 4.69) is 10.6 Å². The van der Waals surface area contributed by atoms with Crippen molar-refractivity contribution in [1.29, 1.82) is 0 Å². The van der Waals surface area contributed by atoms with Gasteiger partial charge in [-0.2, -0.15) is 0 Å². The fraction of sp³-hybridized carbons (Fsp3) is 0.424. The second kappa shape index (κ2) is 14.4. The van der Waals surface area contributed by atoms with Crippen molar-refractivity contribution in [3.8, 4) is 0 Å². The molecule has 2 aromatic rings. The Bertz CT molecular complexity index is 1430. The zero-order valence-electron chi connectivity index (χ0n) is 24.9. The molecule has 12 heteroatoms. The lowest BCUT2D eigenvalue weighted by Crippen LogP contribution is -2.54. The number of esters is 1. The average molecular weight is 623 g/mol. The molecule has 1 spiro atoms. The summed E-state index contributed by atoms with van der Waals surface area (Å²) in [7, 11) is 0. The molecule has 1 fully saturated rings. The number of amides is 2. The minimum atomic E-state index is -1.28. The van der Waals surface area contributed by atoms with Gasteiger partial charge >= 0.3 is 5.97 Å². The third-order valence-corrected chi connectivity index (χ3v) is 7.92. The van der Waals surface area contributed by atoms with E-state index in [9.17, 15) is 19.5 Å². The summed E-state index contributed by atoms with van der Waals surface area (Å²) in [6, 6.07) is 13.4. The van der Waals surface area contributed by atoms with Gasteiger partial charge in [0, 0.05) is 31.4 Å². The van der Waals surface area contributed by atoms with Crippen LogP contribution in [0.1, 0.15) is 40.4 Å². The van der Waals surface area contributed by atoms with Crippen molar-refractivity contribution in [1.82, 2.24) is 10.6 Å². The maximum atomic E-state index is 13.5. The highest BCUT2D eigenvalue weighted by Crippen LogP contribution is 2.45. The molecule has 12 nitrogen and oxygen atoms in total. The molecule has 0 bridgehead atoms. The van der Waals surface area contributed by atoms with Crippen LogP contribution >= 0.6 is 0 Å². The number of benzene rings is 2. The van der Waals surface area contributed by atoms with Crippen LogP contribution in [0.3, 0.4) is 0 Å². The van der Waals surface area contributed by atoms with Crippen LogP contribution < -0.4 is 10.6 Å². The first kappa shape index (κ1) is 32.3. The van der Waals surface area contributed by atoms with Crippen molar-refractivity contribution in [2.24, 2.45) is 0 Å². The molecule has 2 amide bonds. The van der Waals surface area contributed by atoms with Gasteiger partial charge in [-0.1, -0.05) is 36.4 Å². The van der Waals surface area contributed by atoms with E-state index in [0.717, 1.165) is 11.1 Å². The van der Waals surface area contributed by atoms with E-state index in [1.807, 2.05) is 24.3 Å². The van der Waals surface area contributed by atoms with Crippen LogP contribution in [-0.2, 0) is 41.4 Å². The molecule has 0 aromatic heterocycles. The number of ether oxygens (including phenoxy) is 4. The highest BCUT2D eigenvalue weighted by molar-refractivity contribution is 5.97. The van der Waals surface area contributed by atoms with Crippen LogP contribution in [-0.4, -0.2) is 95.7 Å². The third kappa shape index (κ3) is 7.60. The molecule has 0 saturated carbocycles. The van der Waals surface area contributed by atoms with E-state index in [0.29, 0.717) is 18.4 Å². The van der Waals surface area contributed by atoms with Gasteiger partial charge in [0.1, 0.15) is 31.0 Å². The van der Waals surface area contributed by atoms with Crippen molar-refractivity contribution >= 4 is 23.9 Å². The summed E-state index contributed by atoms with van der Waals surface area (Å²) in [4.78, 5) is 39.5. The highest BCUT2D eigenvalue weighted by atomic mass is 16.8. The molecule has 2 aliphatic carbocycles. The Morgan fingerprint density at radius 3 is 2.51 bits per heavy atom. The summed E-state index contributed by atoms with van der Waals surface area (Å²) in [5, 5.41) is 33.2.